The van der Waals surface area contributed by atoms with E-state index in [-0.39, 0.29) is 10.8 Å². The maximum Gasteiger partial charge on any atom is 0.313 e. The van der Waals surface area contributed by atoms with E-state index in [0.29, 0.717) is 10.2 Å². The van der Waals surface area contributed by atoms with Gasteiger partial charge in [-0.05, 0) is 28.1 Å². The quantitative estimate of drug-likeness (QED) is 0.584. The molecule has 0 N–H and O–H groups in total. The monoisotopic (exact) mass is 345 g/mol. The first-order valence-electron chi connectivity index (χ1n) is 5.05. The average molecular weight is 347 g/mol. The summed E-state index contributed by atoms with van der Waals surface area (Å²) in [6, 6.07) is 8.56. The number of para-hydroxylation sites is 1. The molecular formula is C12H6BrClFNO3. The molecule has 2 aromatic rings. The summed E-state index contributed by atoms with van der Waals surface area (Å²) in [5.74, 6) is -0.652. The lowest BCUT2D eigenvalue weighted by molar-refractivity contribution is -0.385. The van der Waals surface area contributed by atoms with E-state index >= 15 is 0 Å². The summed E-state index contributed by atoms with van der Waals surface area (Å²) < 4.78 is 19.3. The number of nitro groups is 1. The number of nitrogens with zero attached hydrogens (tertiary/aromatic N) is 1. The normalized spacial score (nSPS) is 10.3. The van der Waals surface area contributed by atoms with Crippen LogP contribution in [-0.2, 0) is 0 Å². The predicted octanol–water partition coefficient (Wildman–Crippen LogP) is 4.94. The third-order valence-corrected chi connectivity index (χ3v) is 3.20. The van der Waals surface area contributed by atoms with E-state index in [9.17, 15) is 14.5 Å². The van der Waals surface area contributed by atoms with Crippen LogP contribution in [0, 0.1) is 15.9 Å². The number of hydrogen-bond acceptors (Lipinski definition) is 3. The molecule has 98 valence electrons. The van der Waals surface area contributed by atoms with Crippen LogP contribution in [0.25, 0.3) is 0 Å². The van der Waals surface area contributed by atoms with Crippen LogP contribution in [0.2, 0.25) is 5.02 Å². The Balaban J connectivity index is 2.48. The highest BCUT2D eigenvalue weighted by molar-refractivity contribution is 9.10. The summed E-state index contributed by atoms with van der Waals surface area (Å²) in [6.07, 6.45) is 0. The fourth-order valence-corrected chi connectivity index (χ4v) is 1.91. The molecule has 0 spiro atoms. The highest BCUT2D eigenvalue weighted by Gasteiger charge is 2.20. The SMILES string of the molecule is O=[N+]([O-])c1cc(Cl)c(F)cc1Oc1ccccc1Br. The van der Waals surface area contributed by atoms with Gasteiger partial charge in [-0.3, -0.25) is 10.1 Å². The molecule has 0 aromatic heterocycles. The second-order valence-corrected chi connectivity index (χ2v) is 4.79. The number of hydrogen-bond donors (Lipinski definition) is 0. The maximum atomic E-state index is 13.4. The Kier molecular flexibility index (Phi) is 4.01. The highest BCUT2D eigenvalue weighted by atomic mass is 79.9. The molecule has 2 aromatic carbocycles. The highest BCUT2D eigenvalue weighted by Crippen LogP contribution is 2.37. The van der Waals surface area contributed by atoms with Crippen LogP contribution in [0.4, 0.5) is 10.1 Å². The average Bonchev–Trinajstić information content (AvgIpc) is 2.36. The molecule has 19 heavy (non-hydrogen) atoms. The minimum Gasteiger partial charge on any atom is -0.449 e. The summed E-state index contributed by atoms with van der Waals surface area (Å²) in [5, 5.41) is 10.6. The van der Waals surface area contributed by atoms with Gasteiger partial charge in [0.15, 0.2) is 0 Å². The number of halogens is 3. The second-order valence-electron chi connectivity index (χ2n) is 3.52. The molecule has 0 saturated carbocycles. The molecule has 0 atom stereocenters. The lowest BCUT2D eigenvalue weighted by Gasteiger charge is -2.08. The molecule has 0 amide bonds. The predicted molar refractivity (Wildman–Crippen MR) is 72.3 cm³/mol. The van der Waals surface area contributed by atoms with E-state index in [1.165, 1.54) is 0 Å². The van der Waals surface area contributed by atoms with Crippen LogP contribution >= 0.6 is 27.5 Å². The van der Waals surface area contributed by atoms with Crippen molar-refractivity contribution in [3.8, 4) is 11.5 Å². The van der Waals surface area contributed by atoms with E-state index in [0.717, 1.165) is 12.1 Å². The molecular weight excluding hydrogens is 340 g/mol. The number of benzene rings is 2. The van der Waals surface area contributed by atoms with Gasteiger partial charge in [0.05, 0.1) is 14.4 Å². The third kappa shape index (κ3) is 3.02. The fourth-order valence-electron chi connectivity index (χ4n) is 1.39. The third-order valence-electron chi connectivity index (χ3n) is 2.26. The van der Waals surface area contributed by atoms with Gasteiger partial charge in [0.2, 0.25) is 5.75 Å². The molecule has 0 heterocycles. The Morgan fingerprint density at radius 1 is 1.26 bits per heavy atom. The summed E-state index contributed by atoms with van der Waals surface area (Å²) >= 11 is 8.75. The maximum absolute atomic E-state index is 13.4. The Bertz CT molecular complexity index is 651. The van der Waals surface area contributed by atoms with Crippen LogP contribution in [0.1, 0.15) is 0 Å². The molecule has 0 unspecified atom stereocenters. The largest absolute Gasteiger partial charge is 0.449 e. The molecule has 7 heteroatoms. The van der Waals surface area contributed by atoms with E-state index < -0.39 is 16.4 Å². The van der Waals surface area contributed by atoms with Crippen molar-refractivity contribution in [3.63, 3.8) is 0 Å². The summed E-state index contributed by atoms with van der Waals surface area (Å²) in [6.45, 7) is 0. The van der Waals surface area contributed by atoms with E-state index in [4.69, 9.17) is 16.3 Å². The standard InChI is InChI=1S/C12H6BrClFNO3/c13-7-3-1-2-4-11(7)19-12-6-9(15)8(14)5-10(12)16(17)18/h1-6H. The number of ether oxygens (including phenoxy) is 1. The number of nitro benzene ring substituents is 1. The van der Waals surface area contributed by atoms with Gasteiger partial charge in [-0.2, -0.15) is 0 Å². The molecule has 0 aliphatic carbocycles. The Morgan fingerprint density at radius 2 is 1.95 bits per heavy atom. The first kappa shape index (κ1) is 13.8. The van der Waals surface area contributed by atoms with E-state index in [1.807, 2.05) is 0 Å². The Hall–Kier alpha value is -1.66. The lowest BCUT2D eigenvalue weighted by Crippen LogP contribution is -1.95. The molecule has 4 nitrogen and oxygen atoms in total. The molecule has 0 bridgehead atoms. The van der Waals surface area contributed by atoms with Crippen molar-refractivity contribution in [1.82, 2.24) is 0 Å². The van der Waals surface area contributed by atoms with Gasteiger partial charge >= 0.3 is 5.69 Å². The van der Waals surface area contributed by atoms with Gasteiger partial charge in [0, 0.05) is 12.1 Å². The van der Waals surface area contributed by atoms with Crippen LogP contribution in [0.5, 0.6) is 11.5 Å². The summed E-state index contributed by atoms with van der Waals surface area (Å²) in [5.41, 5.74) is -0.401. The van der Waals surface area contributed by atoms with Crippen molar-refractivity contribution >= 4 is 33.2 Å². The van der Waals surface area contributed by atoms with Gasteiger partial charge in [-0.25, -0.2) is 4.39 Å². The first-order valence-corrected chi connectivity index (χ1v) is 6.22. The summed E-state index contributed by atoms with van der Waals surface area (Å²) in [7, 11) is 0. The molecule has 0 aliphatic rings. The molecule has 0 fully saturated rings. The van der Waals surface area contributed by atoms with E-state index in [1.54, 1.807) is 24.3 Å². The minimum absolute atomic E-state index is 0.209. The van der Waals surface area contributed by atoms with Gasteiger partial charge in [0.25, 0.3) is 0 Å². The summed E-state index contributed by atoms with van der Waals surface area (Å²) in [4.78, 5) is 10.2. The van der Waals surface area contributed by atoms with Crippen LogP contribution in [0.3, 0.4) is 0 Å². The van der Waals surface area contributed by atoms with Gasteiger partial charge in [-0.1, -0.05) is 23.7 Å². The topological polar surface area (TPSA) is 52.4 Å². The second kappa shape index (κ2) is 5.54. The van der Waals surface area contributed by atoms with Crippen molar-refractivity contribution < 1.29 is 14.1 Å². The molecule has 2 rings (SSSR count). The first-order chi connectivity index (χ1) is 8.99. The van der Waals surface area contributed by atoms with Crippen molar-refractivity contribution in [3.05, 3.63) is 61.8 Å². The van der Waals surface area contributed by atoms with Crippen molar-refractivity contribution in [2.45, 2.75) is 0 Å². The Morgan fingerprint density at radius 3 is 2.58 bits per heavy atom. The van der Waals surface area contributed by atoms with Crippen molar-refractivity contribution in [2.24, 2.45) is 0 Å². The lowest BCUT2D eigenvalue weighted by atomic mass is 10.3. The Labute approximate surface area is 121 Å². The van der Waals surface area contributed by atoms with Gasteiger partial charge in [0.1, 0.15) is 11.6 Å². The van der Waals surface area contributed by atoms with Crippen LogP contribution < -0.4 is 4.74 Å². The number of rotatable bonds is 3. The zero-order chi connectivity index (χ0) is 14.0. The van der Waals surface area contributed by atoms with Gasteiger partial charge in [-0.15, -0.1) is 0 Å². The van der Waals surface area contributed by atoms with Crippen LogP contribution in [-0.4, -0.2) is 4.92 Å². The minimum atomic E-state index is -0.783. The van der Waals surface area contributed by atoms with Crippen molar-refractivity contribution in [2.75, 3.05) is 0 Å². The molecule has 0 saturated heterocycles. The molecule has 0 radical (unpaired) electrons. The zero-order valence-electron chi connectivity index (χ0n) is 9.27. The smallest absolute Gasteiger partial charge is 0.313 e. The van der Waals surface area contributed by atoms with Gasteiger partial charge < -0.3 is 4.74 Å². The zero-order valence-corrected chi connectivity index (χ0v) is 11.6. The van der Waals surface area contributed by atoms with Crippen molar-refractivity contribution in [1.29, 1.82) is 0 Å². The molecule has 0 aliphatic heterocycles. The van der Waals surface area contributed by atoms with Crippen LogP contribution in [0.15, 0.2) is 40.9 Å². The fraction of sp³-hybridized carbons (Fsp3) is 0. The van der Waals surface area contributed by atoms with E-state index in [2.05, 4.69) is 15.9 Å².